The zero-order chi connectivity index (χ0) is 13.8. The highest BCUT2D eigenvalue weighted by Gasteiger charge is 1.93. The first-order valence-electron chi connectivity index (χ1n) is 5.90. The van der Waals surface area contributed by atoms with Gasteiger partial charge in [0.25, 0.3) is 0 Å². The van der Waals surface area contributed by atoms with Crippen molar-refractivity contribution in [2.75, 3.05) is 7.05 Å². The molecular weight excluding hydrogens is 220 g/mol. The first-order valence-corrected chi connectivity index (χ1v) is 5.90. The van der Waals surface area contributed by atoms with Crippen LogP contribution in [0.5, 0.6) is 0 Å². The summed E-state index contributed by atoms with van der Waals surface area (Å²) >= 11 is 0. The second-order valence-corrected chi connectivity index (χ2v) is 3.79. The molecule has 0 aliphatic heterocycles. The highest BCUT2D eigenvalue weighted by Crippen LogP contribution is 2.10. The van der Waals surface area contributed by atoms with Gasteiger partial charge < -0.3 is 0 Å². The van der Waals surface area contributed by atoms with Crippen LogP contribution < -0.4 is 0 Å². The van der Waals surface area contributed by atoms with E-state index in [2.05, 4.69) is 29.7 Å². The lowest BCUT2D eigenvalue weighted by Crippen LogP contribution is -1.86. The van der Waals surface area contributed by atoms with Gasteiger partial charge in [0.15, 0.2) is 0 Å². The van der Waals surface area contributed by atoms with Gasteiger partial charge in [-0.15, -0.1) is 0 Å². The smallest absolute Gasteiger partial charge is 0.109 e. The molecule has 0 aliphatic carbocycles. The lowest BCUT2D eigenvalue weighted by atomic mass is 10.1. The lowest BCUT2D eigenvalue weighted by molar-refractivity contribution is 0.993. The molecule has 0 atom stereocenters. The Morgan fingerprint density at radius 3 is 2.33 bits per heavy atom. The Kier molecular flexibility index (Phi) is 9.10. The standard InChI is InChI=1S/C16H22N2/c1-6-16(7-2)11-10-14(3)8-9-15(4)12-18-13-17-5/h6-7,10-13H,1,3-4,8-9H2,2,5H3/b11-10-,16-7-,17-13?,18-12?. The van der Waals surface area contributed by atoms with Crippen molar-refractivity contribution < 1.29 is 0 Å². The topological polar surface area (TPSA) is 24.7 Å². The van der Waals surface area contributed by atoms with Crippen LogP contribution in [0.2, 0.25) is 0 Å². The third kappa shape index (κ3) is 8.22. The van der Waals surface area contributed by atoms with Gasteiger partial charge in [0.1, 0.15) is 6.34 Å². The van der Waals surface area contributed by atoms with E-state index in [1.54, 1.807) is 13.3 Å². The summed E-state index contributed by atoms with van der Waals surface area (Å²) in [6, 6.07) is 0. The molecule has 2 heteroatoms. The number of nitrogens with zero attached hydrogens (tertiary/aromatic N) is 2. The largest absolute Gasteiger partial charge is 0.277 e. The average Bonchev–Trinajstić information content (AvgIpc) is 2.38. The summed E-state index contributed by atoms with van der Waals surface area (Å²) in [6.07, 6.45) is 12.8. The summed E-state index contributed by atoms with van der Waals surface area (Å²) in [7, 11) is 1.69. The van der Waals surface area contributed by atoms with E-state index in [-0.39, 0.29) is 0 Å². The zero-order valence-corrected chi connectivity index (χ0v) is 11.4. The van der Waals surface area contributed by atoms with Crippen molar-refractivity contribution in [1.82, 2.24) is 0 Å². The first kappa shape index (κ1) is 16.0. The molecule has 96 valence electrons. The van der Waals surface area contributed by atoms with Crippen LogP contribution >= 0.6 is 0 Å². The van der Waals surface area contributed by atoms with E-state index in [0.717, 1.165) is 29.6 Å². The van der Waals surface area contributed by atoms with Gasteiger partial charge in [0.05, 0.1) is 0 Å². The molecule has 0 saturated carbocycles. The monoisotopic (exact) mass is 242 g/mol. The molecule has 0 fully saturated rings. The summed E-state index contributed by atoms with van der Waals surface area (Å²) in [5.41, 5.74) is 3.13. The molecule has 0 saturated heterocycles. The highest BCUT2D eigenvalue weighted by atomic mass is 14.8. The van der Waals surface area contributed by atoms with Gasteiger partial charge in [-0.1, -0.05) is 49.6 Å². The van der Waals surface area contributed by atoms with Gasteiger partial charge in [0, 0.05) is 13.3 Å². The number of hydrogen-bond donors (Lipinski definition) is 0. The number of hydrogen-bond acceptors (Lipinski definition) is 1. The van der Waals surface area contributed by atoms with Crippen molar-refractivity contribution >= 4 is 12.6 Å². The molecule has 0 heterocycles. The van der Waals surface area contributed by atoms with Crippen LogP contribution in [0.3, 0.4) is 0 Å². The molecule has 0 amide bonds. The van der Waals surface area contributed by atoms with Crippen LogP contribution in [0.15, 0.2) is 70.7 Å². The van der Waals surface area contributed by atoms with Crippen LogP contribution in [0.1, 0.15) is 19.8 Å². The quantitative estimate of drug-likeness (QED) is 0.344. The van der Waals surface area contributed by atoms with E-state index in [4.69, 9.17) is 0 Å². The summed E-state index contributed by atoms with van der Waals surface area (Å²) in [4.78, 5) is 7.74. The van der Waals surface area contributed by atoms with E-state index in [1.165, 1.54) is 6.34 Å². The van der Waals surface area contributed by atoms with Crippen molar-refractivity contribution in [3.63, 3.8) is 0 Å². The molecule has 0 aromatic carbocycles. The number of rotatable bonds is 8. The number of allylic oxidation sites excluding steroid dienone is 7. The van der Waals surface area contributed by atoms with Gasteiger partial charge in [-0.3, -0.25) is 4.99 Å². The second kappa shape index (κ2) is 10.2. The van der Waals surface area contributed by atoms with Crippen molar-refractivity contribution in [1.29, 1.82) is 0 Å². The van der Waals surface area contributed by atoms with Crippen molar-refractivity contribution in [3.8, 4) is 0 Å². The van der Waals surface area contributed by atoms with Crippen LogP contribution in [0.25, 0.3) is 0 Å². The zero-order valence-electron chi connectivity index (χ0n) is 11.4. The SMILES string of the molecule is C=CC(/C=C\C(=C)CCC(=C)C=NC=NC)=C/C. The molecule has 0 unspecified atom stereocenters. The molecule has 2 nitrogen and oxygen atoms in total. The van der Waals surface area contributed by atoms with Crippen molar-refractivity contribution in [2.24, 2.45) is 9.98 Å². The van der Waals surface area contributed by atoms with Crippen LogP contribution in [-0.2, 0) is 0 Å². The third-order valence-electron chi connectivity index (χ3n) is 2.29. The molecule has 0 aliphatic rings. The van der Waals surface area contributed by atoms with Gasteiger partial charge in [-0.2, -0.15) is 0 Å². The predicted molar refractivity (Wildman–Crippen MR) is 83.5 cm³/mol. The lowest BCUT2D eigenvalue weighted by Gasteiger charge is -2.00. The maximum atomic E-state index is 4.00. The van der Waals surface area contributed by atoms with Crippen molar-refractivity contribution in [2.45, 2.75) is 19.8 Å². The first-order chi connectivity index (χ1) is 8.63. The predicted octanol–water partition coefficient (Wildman–Crippen LogP) is 4.30. The molecule has 0 radical (unpaired) electrons. The molecule has 18 heavy (non-hydrogen) atoms. The van der Waals surface area contributed by atoms with Gasteiger partial charge in [-0.05, 0) is 30.9 Å². The van der Waals surface area contributed by atoms with Gasteiger partial charge >= 0.3 is 0 Å². The molecule has 0 N–H and O–H groups in total. The van der Waals surface area contributed by atoms with Crippen LogP contribution in [0, 0.1) is 0 Å². The van der Waals surface area contributed by atoms with Crippen LogP contribution in [0.4, 0.5) is 0 Å². The van der Waals surface area contributed by atoms with E-state index in [1.807, 2.05) is 31.2 Å². The van der Waals surface area contributed by atoms with Gasteiger partial charge in [-0.25, -0.2) is 4.99 Å². The molecule has 0 rings (SSSR count). The second-order valence-electron chi connectivity index (χ2n) is 3.79. The minimum Gasteiger partial charge on any atom is -0.277 e. The Bertz CT molecular complexity index is 407. The fraction of sp³-hybridized carbons (Fsp3) is 0.250. The Labute approximate surface area is 111 Å². The minimum absolute atomic E-state index is 0.851. The summed E-state index contributed by atoms with van der Waals surface area (Å²) in [5, 5.41) is 0. The minimum atomic E-state index is 0.851. The van der Waals surface area contributed by atoms with E-state index < -0.39 is 0 Å². The summed E-state index contributed by atoms with van der Waals surface area (Å²) in [5.74, 6) is 0. The maximum Gasteiger partial charge on any atom is 0.109 e. The molecule has 0 bridgehead atoms. The summed E-state index contributed by atoms with van der Waals surface area (Å²) < 4.78 is 0. The third-order valence-corrected chi connectivity index (χ3v) is 2.29. The Balaban J connectivity index is 4.12. The molecule has 0 aromatic rings. The number of aliphatic imine (C=N–C) groups is 2. The Hall–Kier alpha value is -1.96. The fourth-order valence-electron chi connectivity index (χ4n) is 1.17. The van der Waals surface area contributed by atoms with Crippen molar-refractivity contribution in [3.05, 3.63) is 60.8 Å². The summed E-state index contributed by atoms with van der Waals surface area (Å²) in [6.45, 7) is 13.6. The van der Waals surface area contributed by atoms with E-state index in [0.29, 0.717) is 0 Å². The van der Waals surface area contributed by atoms with E-state index in [9.17, 15) is 0 Å². The molecule has 0 aromatic heterocycles. The molecule has 0 spiro atoms. The fourth-order valence-corrected chi connectivity index (χ4v) is 1.17. The Morgan fingerprint density at radius 2 is 1.78 bits per heavy atom. The average molecular weight is 242 g/mol. The van der Waals surface area contributed by atoms with Gasteiger partial charge in [0.2, 0.25) is 0 Å². The Morgan fingerprint density at radius 1 is 1.11 bits per heavy atom. The highest BCUT2D eigenvalue weighted by molar-refractivity contribution is 5.84. The normalized spacial score (nSPS) is 12.7. The maximum absolute atomic E-state index is 4.00. The van der Waals surface area contributed by atoms with E-state index >= 15 is 0 Å². The van der Waals surface area contributed by atoms with Crippen LogP contribution in [-0.4, -0.2) is 19.6 Å². The molecular formula is C16H22N2.